The highest BCUT2D eigenvalue weighted by molar-refractivity contribution is 5.62. The van der Waals surface area contributed by atoms with E-state index in [1.54, 1.807) is 33.5 Å². The summed E-state index contributed by atoms with van der Waals surface area (Å²) in [7, 11) is 4.96. The average Bonchev–Trinajstić information content (AvgIpc) is 3.26. The Morgan fingerprint density at radius 1 is 0.304 bits per heavy atom. The molecular formula is C52H38O4. The van der Waals surface area contributed by atoms with Crippen molar-refractivity contribution in [2.45, 2.75) is 5.41 Å². The van der Waals surface area contributed by atoms with Gasteiger partial charge in [-0.2, -0.15) is 0 Å². The van der Waals surface area contributed by atoms with Crippen LogP contribution in [-0.4, -0.2) is 26.4 Å². The normalized spacial score (nSPS) is 10.4. The zero-order valence-electron chi connectivity index (χ0n) is 31.3. The number of aromatic hydroxyl groups is 1. The van der Waals surface area contributed by atoms with E-state index in [4.69, 9.17) is 14.2 Å². The van der Waals surface area contributed by atoms with E-state index in [-0.39, 0.29) is 5.75 Å². The van der Waals surface area contributed by atoms with Gasteiger partial charge in [0.1, 0.15) is 23.0 Å². The lowest BCUT2D eigenvalue weighted by Gasteiger charge is -2.37. The predicted molar refractivity (Wildman–Crippen MR) is 223 cm³/mol. The fraction of sp³-hybridized carbons (Fsp3) is 0.0769. The molecule has 7 aromatic rings. The van der Waals surface area contributed by atoms with E-state index >= 15 is 0 Å². The molecule has 0 fully saturated rings. The summed E-state index contributed by atoms with van der Waals surface area (Å²) in [6.07, 6.45) is 0. The second kappa shape index (κ2) is 17.0. The molecule has 0 atom stereocenters. The number of hydrogen-bond donors (Lipinski definition) is 1. The predicted octanol–water partition coefficient (Wildman–Crippen LogP) is 10.0. The Balaban J connectivity index is 1.32. The third-order valence-electron chi connectivity index (χ3n) is 9.58. The number of ether oxygens (including phenoxy) is 3. The first kappa shape index (κ1) is 36.8. The first-order chi connectivity index (χ1) is 27.5. The first-order valence-electron chi connectivity index (χ1n) is 18.1. The van der Waals surface area contributed by atoms with Gasteiger partial charge in [-0.15, -0.1) is 0 Å². The Labute approximate surface area is 329 Å². The van der Waals surface area contributed by atoms with E-state index in [1.807, 2.05) is 84.9 Å². The highest BCUT2D eigenvalue weighted by Crippen LogP contribution is 2.45. The van der Waals surface area contributed by atoms with Crippen LogP contribution in [-0.2, 0) is 5.41 Å². The fourth-order valence-electron chi connectivity index (χ4n) is 6.58. The van der Waals surface area contributed by atoms with Crippen molar-refractivity contribution in [2.24, 2.45) is 0 Å². The van der Waals surface area contributed by atoms with Gasteiger partial charge in [-0.1, -0.05) is 84.1 Å². The summed E-state index contributed by atoms with van der Waals surface area (Å²) in [6.45, 7) is 0. The lowest BCUT2D eigenvalue weighted by molar-refractivity contribution is 0.414. The molecule has 0 aromatic heterocycles. The van der Waals surface area contributed by atoms with E-state index in [9.17, 15) is 5.11 Å². The molecule has 0 spiro atoms. The van der Waals surface area contributed by atoms with E-state index in [2.05, 4.69) is 108 Å². The monoisotopic (exact) mass is 726 g/mol. The summed E-state index contributed by atoms with van der Waals surface area (Å²) >= 11 is 0. The largest absolute Gasteiger partial charge is 0.508 e. The van der Waals surface area contributed by atoms with Gasteiger partial charge in [-0.3, -0.25) is 0 Å². The number of hydrogen-bond acceptors (Lipinski definition) is 4. The summed E-state index contributed by atoms with van der Waals surface area (Å²) in [4.78, 5) is 0. The fourth-order valence-corrected chi connectivity index (χ4v) is 6.58. The zero-order chi connectivity index (χ0) is 38.7. The van der Waals surface area contributed by atoms with Gasteiger partial charge < -0.3 is 19.3 Å². The van der Waals surface area contributed by atoms with Crippen molar-refractivity contribution in [3.05, 3.63) is 225 Å². The van der Waals surface area contributed by atoms with Crippen LogP contribution in [0.15, 0.2) is 170 Å². The maximum absolute atomic E-state index is 10.4. The standard InChI is InChI=1S/C52H38O4/c1-54-49-32-16-41(17-33-49)7-4-38-10-22-44(23-11-38)52(47-28-30-48(53)31-29-47,45-24-12-39(13-25-45)5-8-42-18-34-50(55-2)35-19-42)46-26-14-40(15-27-46)6-9-43-20-36-51(56-3)37-21-43/h10-37,53H,1-3H3. The van der Waals surface area contributed by atoms with Crippen molar-refractivity contribution < 1.29 is 19.3 Å². The third kappa shape index (κ3) is 8.30. The minimum absolute atomic E-state index is 0.195. The molecule has 0 unspecified atom stereocenters. The topological polar surface area (TPSA) is 47.9 Å². The van der Waals surface area contributed by atoms with Crippen LogP contribution in [0.4, 0.5) is 0 Å². The Kier molecular flexibility index (Phi) is 11.2. The SMILES string of the molecule is COc1ccc(C#Cc2ccc(C(c3ccc(O)cc3)(c3ccc(C#Cc4ccc(OC)cc4)cc3)c3ccc(C#Cc4ccc(OC)cc4)cc3)cc2)cc1. The van der Waals surface area contributed by atoms with Crippen LogP contribution in [0.5, 0.6) is 23.0 Å². The molecular weight excluding hydrogens is 689 g/mol. The highest BCUT2D eigenvalue weighted by atomic mass is 16.5. The van der Waals surface area contributed by atoms with Crippen LogP contribution < -0.4 is 14.2 Å². The lowest BCUT2D eigenvalue weighted by atomic mass is 9.65. The summed E-state index contributed by atoms with van der Waals surface area (Å²) in [5.74, 6) is 22.3. The molecule has 0 bridgehead atoms. The van der Waals surface area contributed by atoms with Crippen LogP contribution in [0, 0.1) is 35.5 Å². The maximum Gasteiger partial charge on any atom is 0.118 e. The van der Waals surface area contributed by atoms with Gasteiger partial charge in [0.05, 0.1) is 26.7 Å². The molecule has 4 heteroatoms. The molecule has 7 rings (SSSR count). The molecule has 0 radical (unpaired) electrons. The van der Waals surface area contributed by atoms with Crippen LogP contribution in [0.3, 0.4) is 0 Å². The van der Waals surface area contributed by atoms with Crippen molar-refractivity contribution in [2.75, 3.05) is 21.3 Å². The molecule has 0 saturated carbocycles. The summed E-state index contributed by atoms with van der Waals surface area (Å²) < 4.78 is 15.9. The van der Waals surface area contributed by atoms with Gasteiger partial charge in [0.25, 0.3) is 0 Å². The molecule has 0 amide bonds. The number of methoxy groups -OCH3 is 3. The van der Waals surface area contributed by atoms with Crippen LogP contribution in [0.1, 0.15) is 55.6 Å². The van der Waals surface area contributed by atoms with Crippen molar-refractivity contribution >= 4 is 0 Å². The van der Waals surface area contributed by atoms with Crippen molar-refractivity contribution in [3.63, 3.8) is 0 Å². The van der Waals surface area contributed by atoms with E-state index in [0.717, 1.165) is 72.9 Å². The Morgan fingerprint density at radius 3 is 0.714 bits per heavy atom. The molecule has 1 N–H and O–H groups in total. The maximum atomic E-state index is 10.4. The second-order valence-corrected chi connectivity index (χ2v) is 13.0. The van der Waals surface area contributed by atoms with Crippen molar-refractivity contribution in [1.82, 2.24) is 0 Å². The number of phenols is 1. The lowest BCUT2D eigenvalue weighted by Crippen LogP contribution is -2.31. The Bertz CT molecular complexity index is 2330. The smallest absolute Gasteiger partial charge is 0.118 e. The minimum Gasteiger partial charge on any atom is -0.508 e. The number of benzene rings is 7. The van der Waals surface area contributed by atoms with E-state index < -0.39 is 5.41 Å². The number of phenolic OH excluding ortho intramolecular Hbond substituents is 1. The molecule has 7 aromatic carbocycles. The van der Waals surface area contributed by atoms with E-state index in [1.165, 1.54) is 0 Å². The molecule has 0 heterocycles. The third-order valence-corrected chi connectivity index (χ3v) is 9.58. The van der Waals surface area contributed by atoms with Gasteiger partial charge in [0.2, 0.25) is 0 Å². The summed E-state index contributed by atoms with van der Waals surface area (Å²) in [5, 5.41) is 10.4. The molecule has 270 valence electrons. The molecule has 56 heavy (non-hydrogen) atoms. The number of rotatable bonds is 7. The summed E-state index contributed by atoms with van der Waals surface area (Å²) in [6, 6.07) is 55.8. The highest BCUT2D eigenvalue weighted by Gasteiger charge is 2.38. The Morgan fingerprint density at radius 2 is 0.500 bits per heavy atom. The van der Waals surface area contributed by atoms with Crippen molar-refractivity contribution in [3.8, 4) is 58.5 Å². The molecule has 0 saturated heterocycles. The molecule has 0 aliphatic heterocycles. The van der Waals surface area contributed by atoms with Crippen LogP contribution >= 0.6 is 0 Å². The van der Waals surface area contributed by atoms with Gasteiger partial charge in [-0.05, 0) is 144 Å². The Hall–Kier alpha value is -7.58. The van der Waals surface area contributed by atoms with E-state index in [0.29, 0.717) is 0 Å². The van der Waals surface area contributed by atoms with Gasteiger partial charge in [0, 0.05) is 33.4 Å². The quantitative estimate of drug-likeness (QED) is 0.131. The van der Waals surface area contributed by atoms with Crippen molar-refractivity contribution in [1.29, 1.82) is 0 Å². The first-order valence-corrected chi connectivity index (χ1v) is 18.1. The van der Waals surface area contributed by atoms with Crippen LogP contribution in [0.25, 0.3) is 0 Å². The van der Waals surface area contributed by atoms with Crippen LogP contribution in [0.2, 0.25) is 0 Å². The zero-order valence-corrected chi connectivity index (χ0v) is 31.3. The van der Waals surface area contributed by atoms with Gasteiger partial charge in [0.15, 0.2) is 0 Å². The van der Waals surface area contributed by atoms with Gasteiger partial charge >= 0.3 is 0 Å². The second-order valence-electron chi connectivity index (χ2n) is 13.0. The molecule has 4 nitrogen and oxygen atoms in total. The molecule has 0 aliphatic carbocycles. The van der Waals surface area contributed by atoms with Gasteiger partial charge in [-0.25, -0.2) is 0 Å². The average molecular weight is 727 g/mol. The molecule has 0 aliphatic rings. The summed E-state index contributed by atoms with van der Waals surface area (Å²) in [5.41, 5.74) is 8.68. The minimum atomic E-state index is -0.778.